The molecule has 1 aromatic carbocycles. The second-order valence-corrected chi connectivity index (χ2v) is 7.74. The molecular weight excluding hydrogens is 396 g/mol. The molecule has 0 saturated carbocycles. The van der Waals surface area contributed by atoms with Crippen LogP contribution in [0, 0.1) is 12.8 Å². The summed E-state index contributed by atoms with van der Waals surface area (Å²) < 4.78 is 4.89. The van der Waals surface area contributed by atoms with Crippen molar-refractivity contribution in [3.63, 3.8) is 0 Å². The normalized spacial score (nSPS) is 12.4. The lowest BCUT2D eigenvalue weighted by atomic mass is 9.99. The second-order valence-electron chi connectivity index (χ2n) is 7.74. The Morgan fingerprint density at radius 3 is 2.26 bits per heavy atom. The van der Waals surface area contributed by atoms with E-state index in [9.17, 15) is 14.4 Å². The van der Waals surface area contributed by atoms with Gasteiger partial charge in [-0.1, -0.05) is 39.2 Å². The number of rotatable bonds is 12. The predicted molar refractivity (Wildman–Crippen MR) is 124 cm³/mol. The number of anilines is 2. The van der Waals surface area contributed by atoms with E-state index in [4.69, 9.17) is 4.74 Å². The molecule has 2 atom stereocenters. The van der Waals surface area contributed by atoms with Gasteiger partial charge in [0, 0.05) is 24.0 Å². The third kappa shape index (κ3) is 10.2. The summed E-state index contributed by atoms with van der Waals surface area (Å²) >= 11 is 0. The number of ether oxygens (including phenoxy) is 1. The number of benzene rings is 1. The van der Waals surface area contributed by atoms with Gasteiger partial charge in [0.15, 0.2) is 0 Å². The topological polar surface area (TPSA) is 109 Å². The highest BCUT2D eigenvalue weighted by atomic mass is 16.5. The average molecular weight is 435 g/mol. The molecular formula is C23H38N4O4. The molecule has 0 heterocycles. The lowest BCUT2D eigenvalue weighted by Crippen LogP contribution is -2.37. The van der Waals surface area contributed by atoms with E-state index in [2.05, 4.69) is 35.1 Å². The third-order valence-corrected chi connectivity index (χ3v) is 5.08. The molecule has 1 rings (SSSR count). The summed E-state index contributed by atoms with van der Waals surface area (Å²) in [7, 11) is 0. The summed E-state index contributed by atoms with van der Waals surface area (Å²) in [6.07, 6.45) is 4.54. The fraction of sp³-hybridized carbons (Fsp3) is 0.609. The molecule has 0 aliphatic rings. The van der Waals surface area contributed by atoms with Crippen molar-refractivity contribution in [1.82, 2.24) is 10.6 Å². The number of hydrogen-bond donors (Lipinski definition) is 4. The Morgan fingerprint density at radius 1 is 1.03 bits per heavy atom. The Morgan fingerprint density at radius 2 is 1.68 bits per heavy atom. The number of esters is 1. The lowest BCUT2D eigenvalue weighted by molar-refractivity contribution is -0.143. The molecule has 0 aromatic heterocycles. The number of unbranched alkanes of at least 4 members (excludes halogenated alkanes) is 1. The van der Waals surface area contributed by atoms with Crippen molar-refractivity contribution in [2.75, 3.05) is 23.8 Å². The Labute approximate surface area is 185 Å². The lowest BCUT2D eigenvalue weighted by Gasteiger charge is -2.18. The van der Waals surface area contributed by atoms with Crippen LogP contribution in [0.1, 0.15) is 65.4 Å². The molecule has 0 fully saturated rings. The Bertz CT molecular complexity index is 724. The molecule has 0 spiro atoms. The molecule has 0 bridgehead atoms. The zero-order chi connectivity index (χ0) is 23.2. The van der Waals surface area contributed by atoms with Crippen molar-refractivity contribution in [1.29, 1.82) is 0 Å². The maximum Gasteiger partial charge on any atom is 0.319 e. The minimum atomic E-state index is -0.428. The number of carbonyl (C=O) groups excluding carboxylic acids is 3. The highest BCUT2D eigenvalue weighted by Crippen LogP contribution is 2.23. The number of hydrogen-bond acceptors (Lipinski definition) is 4. The first-order valence-corrected chi connectivity index (χ1v) is 11.2. The first-order valence-electron chi connectivity index (χ1n) is 11.2. The van der Waals surface area contributed by atoms with Gasteiger partial charge >= 0.3 is 18.0 Å². The second kappa shape index (κ2) is 14.3. The van der Waals surface area contributed by atoms with E-state index in [0.717, 1.165) is 31.2 Å². The van der Waals surface area contributed by atoms with Crippen LogP contribution in [0.25, 0.3) is 0 Å². The fourth-order valence-corrected chi connectivity index (χ4v) is 3.16. The third-order valence-electron chi connectivity index (χ3n) is 5.08. The van der Waals surface area contributed by atoms with E-state index >= 15 is 0 Å². The van der Waals surface area contributed by atoms with E-state index in [-0.39, 0.29) is 24.5 Å². The molecule has 2 unspecified atom stereocenters. The maximum atomic E-state index is 12.3. The van der Waals surface area contributed by atoms with Crippen LogP contribution in [0.4, 0.5) is 21.0 Å². The van der Waals surface area contributed by atoms with Crippen LogP contribution in [-0.2, 0) is 9.53 Å². The van der Waals surface area contributed by atoms with Crippen LogP contribution >= 0.6 is 0 Å². The average Bonchev–Trinajstić information content (AvgIpc) is 2.71. The number of carbonyl (C=O) groups is 3. The molecule has 0 aliphatic heterocycles. The monoisotopic (exact) mass is 434 g/mol. The van der Waals surface area contributed by atoms with E-state index in [1.165, 1.54) is 0 Å². The van der Waals surface area contributed by atoms with Crippen molar-refractivity contribution >= 4 is 29.4 Å². The summed E-state index contributed by atoms with van der Waals surface area (Å²) in [5.41, 5.74) is 1.94. The van der Waals surface area contributed by atoms with Gasteiger partial charge in [0.25, 0.3) is 0 Å². The zero-order valence-electron chi connectivity index (χ0n) is 19.5. The quantitative estimate of drug-likeness (QED) is 0.354. The predicted octanol–water partition coefficient (Wildman–Crippen LogP) is 4.80. The van der Waals surface area contributed by atoms with Crippen LogP contribution in [0.15, 0.2) is 18.2 Å². The van der Waals surface area contributed by atoms with Crippen molar-refractivity contribution in [3.05, 3.63) is 23.8 Å². The van der Waals surface area contributed by atoms with Gasteiger partial charge in [0.2, 0.25) is 0 Å². The number of amides is 4. The van der Waals surface area contributed by atoms with Crippen molar-refractivity contribution in [2.24, 2.45) is 5.92 Å². The summed E-state index contributed by atoms with van der Waals surface area (Å²) in [4.78, 5) is 36.1. The Kier molecular flexibility index (Phi) is 12.1. The smallest absolute Gasteiger partial charge is 0.319 e. The number of nitrogens with one attached hydrogen (secondary N) is 4. The van der Waals surface area contributed by atoms with Crippen molar-refractivity contribution in [2.45, 2.75) is 72.8 Å². The first kappa shape index (κ1) is 26.3. The SMILES string of the molecule is CCCCC(CC)CNC(=O)Nc1cccc(NC(=O)NC(C)CC(=O)OCC)c1C. The van der Waals surface area contributed by atoms with Crippen LogP contribution in [0.3, 0.4) is 0 Å². The van der Waals surface area contributed by atoms with Gasteiger partial charge in [-0.15, -0.1) is 0 Å². The molecule has 8 heteroatoms. The maximum absolute atomic E-state index is 12.3. The van der Waals surface area contributed by atoms with Gasteiger partial charge in [-0.25, -0.2) is 9.59 Å². The fourth-order valence-electron chi connectivity index (χ4n) is 3.16. The molecule has 8 nitrogen and oxygen atoms in total. The van der Waals surface area contributed by atoms with Gasteiger partial charge in [-0.05, 0) is 50.8 Å². The molecule has 31 heavy (non-hydrogen) atoms. The van der Waals surface area contributed by atoms with E-state index in [1.54, 1.807) is 32.0 Å². The van der Waals surface area contributed by atoms with Gasteiger partial charge in [0.1, 0.15) is 0 Å². The minimum Gasteiger partial charge on any atom is -0.466 e. The molecule has 0 aliphatic carbocycles. The van der Waals surface area contributed by atoms with Crippen LogP contribution in [-0.4, -0.2) is 37.2 Å². The van der Waals surface area contributed by atoms with E-state index in [1.807, 2.05) is 6.92 Å². The number of urea groups is 2. The van der Waals surface area contributed by atoms with Gasteiger partial charge in [-0.3, -0.25) is 4.79 Å². The Balaban J connectivity index is 2.60. The van der Waals surface area contributed by atoms with Crippen LogP contribution in [0.5, 0.6) is 0 Å². The molecule has 0 radical (unpaired) electrons. The van der Waals surface area contributed by atoms with Crippen molar-refractivity contribution < 1.29 is 19.1 Å². The van der Waals surface area contributed by atoms with E-state index < -0.39 is 6.03 Å². The summed E-state index contributed by atoms with van der Waals surface area (Å²) in [5, 5.41) is 11.3. The van der Waals surface area contributed by atoms with E-state index in [0.29, 0.717) is 30.4 Å². The Hall–Kier alpha value is -2.77. The summed E-state index contributed by atoms with van der Waals surface area (Å²) in [6.45, 7) is 10.5. The standard InChI is InChI=1S/C23H38N4O4/c1-6-9-11-18(7-2)15-24-22(29)26-19-12-10-13-20(17(19)5)27-23(30)25-16(4)14-21(28)31-8-3/h10,12-13,16,18H,6-9,11,14-15H2,1-5H3,(H2,24,26,29)(H2,25,27,30). The molecule has 0 saturated heterocycles. The van der Waals surface area contributed by atoms with Crippen LogP contribution < -0.4 is 21.3 Å². The van der Waals surface area contributed by atoms with Crippen molar-refractivity contribution in [3.8, 4) is 0 Å². The molecule has 1 aromatic rings. The molecule has 174 valence electrons. The largest absolute Gasteiger partial charge is 0.466 e. The minimum absolute atomic E-state index is 0.0962. The highest BCUT2D eigenvalue weighted by molar-refractivity contribution is 5.94. The van der Waals surface area contributed by atoms with Crippen LogP contribution in [0.2, 0.25) is 0 Å². The highest BCUT2D eigenvalue weighted by Gasteiger charge is 2.15. The summed E-state index contributed by atoms with van der Waals surface area (Å²) in [6, 6.07) is 4.24. The van der Waals surface area contributed by atoms with Gasteiger partial charge in [-0.2, -0.15) is 0 Å². The van der Waals surface area contributed by atoms with Gasteiger partial charge < -0.3 is 26.0 Å². The molecule has 4 N–H and O–H groups in total. The first-order chi connectivity index (χ1) is 14.8. The summed E-state index contributed by atoms with van der Waals surface area (Å²) in [5.74, 6) is 0.115. The zero-order valence-corrected chi connectivity index (χ0v) is 19.5. The van der Waals surface area contributed by atoms with Gasteiger partial charge in [0.05, 0.1) is 13.0 Å². The molecule has 4 amide bonds.